The summed E-state index contributed by atoms with van der Waals surface area (Å²) in [6.07, 6.45) is 4.17. The molecule has 8 heteroatoms. The first-order valence-corrected chi connectivity index (χ1v) is 13.0. The fourth-order valence-electron chi connectivity index (χ4n) is 4.52. The van der Waals surface area contributed by atoms with Crippen LogP contribution in [0.3, 0.4) is 0 Å². The van der Waals surface area contributed by atoms with Crippen molar-refractivity contribution in [3.8, 4) is 0 Å². The van der Waals surface area contributed by atoms with E-state index in [1.54, 1.807) is 12.1 Å². The first kappa shape index (κ1) is 23.4. The number of fused-ring (bicyclic) bond motifs is 1. The molecule has 0 saturated heterocycles. The van der Waals surface area contributed by atoms with Gasteiger partial charge in [0.2, 0.25) is 16.0 Å². The van der Waals surface area contributed by atoms with Crippen LogP contribution >= 0.6 is 0 Å². The smallest absolute Gasteiger partial charge is 0.240 e. The third-order valence-corrected chi connectivity index (χ3v) is 8.05. The Labute approximate surface area is 196 Å². The molecule has 7 nitrogen and oxygen atoms in total. The summed E-state index contributed by atoms with van der Waals surface area (Å²) in [4.78, 5) is 11.8. The topological polar surface area (TPSA) is 87.2 Å². The van der Waals surface area contributed by atoms with Gasteiger partial charge in [0.25, 0.3) is 0 Å². The average molecular weight is 468 g/mol. The van der Waals surface area contributed by atoms with E-state index >= 15 is 0 Å². The summed E-state index contributed by atoms with van der Waals surface area (Å²) in [6.45, 7) is 3.15. The van der Waals surface area contributed by atoms with Crippen molar-refractivity contribution in [2.75, 3.05) is 37.4 Å². The average Bonchev–Trinajstić information content (AvgIpc) is 2.81. The number of aromatic nitrogens is 2. The molecule has 2 N–H and O–H groups in total. The molecule has 1 fully saturated rings. The molecule has 4 rings (SSSR count). The van der Waals surface area contributed by atoms with E-state index in [2.05, 4.69) is 15.0 Å². The molecule has 1 aromatic heterocycles. The van der Waals surface area contributed by atoms with Crippen molar-refractivity contribution in [1.82, 2.24) is 14.7 Å². The Morgan fingerprint density at radius 2 is 1.55 bits per heavy atom. The molecule has 0 spiro atoms. The van der Waals surface area contributed by atoms with Crippen LogP contribution in [0.15, 0.2) is 53.4 Å². The second-order valence-corrected chi connectivity index (χ2v) is 10.9. The molecule has 0 bridgehead atoms. The van der Waals surface area contributed by atoms with Crippen molar-refractivity contribution in [3.05, 3.63) is 54.1 Å². The Morgan fingerprint density at radius 3 is 2.24 bits per heavy atom. The molecule has 2 aromatic carbocycles. The highest BCUT2D eigenvalue weighted by Crippen LogP contribution is 2.29. The van der Waals surface area contributed by atoms with E-state index in [1.165, 1.54) is 0 Å². The molecule has 0 atom stereocenters. The number of hydrogen-bond donors (Lipinski definition) is 2. The minimum atomic E-state index is -3.46. The number of nitrogens with one attached hydrogen (secondary N) is 2. The van der Waals surface area contributed by atoms with Gasteiger partial charge in [-0.3, -0.25) is 0 Å². The van der Waals surface area contributed by atoms with Crippen molar-refractivity contribution in [3.63, 3.8) is 0 Å². The molecule has 1 heterocycles. The molecule has 1 aliphatic carbocycles. The summed E-state index contributed by atoms with van der Waals surface area (Å²) in [5.41, 5.74) is 1.71. The van der Waals surface area contributed by atoms with E-state index in [0.717, 1.165) is 54.5 Å². The van der Waals surface area contributed by atoms with Gasteiger partial charge >= 0.3 is 0 Å². The van der Waals surface area contributed by atoms with E-state index in [9.17, 15) is 8.42 Å². The van der Waals surface area contributed by atoms with Gasteiger partial charge in [-0.2, -0.15) is 4.98 Å². The third kappa shape index (κ3) is 5.62. The van der Waals surface area contributed by atoms with Gasteiger partial charge in [0.15, 0.2) is 0 Å². The molecule has 0 unspecified atom stereocenters. The minimum Gasteiger partial charge on any atom is -0.362 e. The van der Waals surface area contributed by atoms with Crippen LogP contribution in [-0.4, -0.2) is 45.6 Å². The zero-order valence-corrected chi connectivity index (χ0v) is 20.4. The SMILES string of the molecule is Cc1ccccc1S(=O)(=O)NC[C@H]1CC[C@H](CNc2nc(N(C)C)c3ccccc3n2)CC1. The molecular formula is C25H33N5O2S. The summed E-state index contributed by atoms with van der Waals surface area (Å²) in [5, 5.41) is 4.48. The van der Waals surface area contributed by atoms with Crippen molar-refractivity contribution in [2.45, 2.75) is 37.5 Å². The van der Waals surface area contributed by atoms with Crippen LogP contribution in [0, 0.1) is 18.8 Å². The van der Waals surface area contributed by atoms with Gasteiger partial charge in [-0.1, -0.05) is 30.3 Å². The lowest BCUT2D eigenvalue weighted by Crippen LogP contribution is -2.32. The summed E-state index contributed by atoms with van der Waals surface area (Å²) in [7, 11) is 0.524. The monoisotopic (exact) mass is 467 g/mol. The first-order chi connectivity index (χ1) is 15.8. The van der Waals surface area contributed by atoms with Gasteiger partial charge < -0.3 is 10.2 Å². The highest BCUT2D eigenvalue weighted by Gasteiger charge is 2.24. The number of hydrogen-bond acceptors (Lipinski definition) is 6. The maximum Gasteiger partial charge on any atom is 0.240 e. The number of aryl methyl sites for hydroxylation is 1. The lowest BCUT2D eigenvalue weighted by atomic mass is 9.82. The van der Waals surface area contributed by atoms with Crippen LogP contribution in [0.5, 0.6) is 0 Å². The van der Waals surface area contributed by atoms with Gasteiger partial charge in [-0.05, 0) is 68.2 Å². The third-order valence-electron chi connectivity index (χ3n) is 6.47. The Hall–Kier alpha value is -2.71. The Morgan fingerprint density at radius 1 is 0.909 bits per heavy atom. The predicted octanol–water partition coefficient (Wildman–Crippen LogP) is 4.20. The van der Waals surface area contributed by atoms with Crippen molar-refractivity contribution in [1.29, 1.82) is 0 Å². The molecule has 3 aromatic rings. The minimum absolute atomic E-state index is 0.371. The molecule has 33 heavy (non-hydrogen) atoms. The maximum atomic E-state index is 12.6. The Balaban J connectivity index is 1.29. The fraction of sp³-hybridized carbons (Fsp3) is 0.440. The van der Waals surface area contributed by atoms with E-state index in [1.807, 2.05) is 62.3 Å². The predicted molar refractivity (Wildman–Crippen MR) is 134 cm³/mol. The standard InChI is InChI=1S/C25H33N5O2S/c1-18-8-4-7-11-23(18)33(31,32)27-17-20-14-12-19(13-15-20)16-26-25-28-22-10-6-5-9-21(22)24(29-25)30(2)3/h4-11,19-20,27H,12-17H2,1-3H3,(H,26,28,29)/t19-,20-. The zero-order valence-electron chi connectivity index (χ0n) is 19.6. The summed E-state index contributed by atoms with van der Waals surface area (Å²) >= 11 is 0. The van der Waals surface area contributed by atoms with E-state index in [0.29, 0.717) is 29.2 Å². The number of sulfonamides is 1. The fourth-order valence-corrected chi connectivity index (χ4v) is 5.88. The second kappa shape index (κ2) is 10.1. The van der Waals surface area contributed by atoms with Crippen LogP contribution in [0.2, 0.25) is 0 Å². The summed E-state index contributed by atoms with van der Waals surface area (Å²) < 4.78 is 28.1. The van der Waals surface area contributed by atoms with Crippen molar-refractivity contribution < 1.29 is 8.42 Å². The number of nitrogens with zero attached hydrogens (tertiary/aromatic N) is 3. The quantitative estimate of drug-likeness (QED) is 0.516. The molecular weight excluding hydrogens is 434 g/mol. The lowest BCUT2D eigenvalue weighted by Gasteiger charge is -2.29. The van der Waals surface area contributed by atoms with Crippen LogP contribution < -0.4 is 14.9 Å². The second-order valence-electron chi connectivity index (χ2n) is 9.17. The largest absolute Gasteiger partial charge is 0.362 e. The van der Waals surface area contributed by atoms with Gasteiger partial charge in [0, 0.05) is 32.6 Å². The highest BCUT2D eigenvalue weighted by atomic mass is 32.2. The number of benzene rings is 2. The van der Waals surface area contributed by atoms with Crippen LogP contribution in [0.25, 0.3) is 10.9 Å². The molecule has 0 radical (unpaired) electrons. The number of anilines is 2. The van der Waals surface area contributed by atoms with Crippen LogP contribution in [0.4, 0.5) is 11.8 Å². The summed E-state index contributed by atoms with van der Waals surface area (Å²) in [5.74, 6) is 2.47. The van der Waals surface area contributed by atoms with Crippen molar-refractivity contribution in [2.24, 2.45) is 11.8 Å². The van der Waals surface area contributed by atoms with E-state index in [4.69, 9.17) is 4.98 Å². The van der Waals surface area contributed by atoms with Crippen molar-refractivity contribution >= 4 is 32.7 Å². The molecule has 1 aliphatic rings. The highest BCUT2D eigenvalue weighted by molar-refractivity contribution is 7.89. The van der Waals surface area contributed by atoms with Crippen LogP contribution in [-0.2, 0) is 10.0 Å². The lowest BCUT2D eigenvalue weighted by molar-refractivity contribution is 0.284. The Kier molecular flexibility index (Phi) is 7.14. The normalized spacial score (nSPS) is 18.9. The first-order valence-electron chi connectivity index (χ1n) is 11.6. The molecule has 0 aliphatic heterocycles. The van der Waals surface area contributed by atoms with E-state index in [-0.39, 0.29) is 0 Å². The van der Waals surface area contributed by atoms with Gasteiger partial charge in [0.05, 0.1) is 10.4 Å². The maximum absolute atomic E-state index is 12.6. The zero-order chi connectivity index (χ0) is 23.4. The van der Waals surface area contributed by atoms with Gasteiger partial charge in [0.1, 0.15) is 5.82 Å². The molecule has 1 saturated carbocycles. The number of rotatable bonds is 8. The Bertz CT molecular complexity index is 1200. The number of para-hydroxylation sites is 1. The van der Waals surface area contributed by atoms with Gasteiger partial charge in [-0.15, -0.1) is 0 Å². The molecule has 0 amide bonds. The molecule has 176 valence electrons. The summed E-state index contributed by atoms with van der Waals surface area (Å²) in [6, 6.07) is 15.2. The van der Waals surface area contributed by atoms with Crippen LogP contribution in [0.1, 0.15) is 31.2 Å². The van der Waals surface area contributed by atoms with E-state index < -0.39 is 10.0 Å². The van der Waals surface area contributed by atoms with Gasteiger partial charge in [-0.25, -0.2) is 18.1 Å².